The minimum atomic E-state index is -0.0567. The second-order valence-corrected chi connectivity index (χ2v) is 5.15. The van der Waals surface area contributed by atoms with Crippen LogP contribution < -0.4 is 0 Å². The zero-order chi connectivity index (χ0) is 11.0. The average Bonchev–Trinajstić information content (AvgIpc) is 2.74. The number of halogens is 1. The van der Waals surface area contributed by atoms with Gasteiger partial charge in [-0.15, -0.1) is 0 Å². The van der Waals surface area contributed by atoms with Crippen molar-refractivity contribution in [1.82, 2.24) is 9.88 Å². The molecule has 0 N–H and O–H groups in total. The molecule has 0 saturated carbocycles. The maximum atomic E-state index is 12.0. The van der Waals surface area contributed by atoms with Crippen LogP contribution in [0.5, 0.6) is 0 Å². The molecule has 82 valence electrons. The highest BCUT2D eigenvalue weighted by molar-refractivity contribution is 9.09. The third-order valence-corrected chi connectivity index (χ3v) is 3.94. The highest BCUT2D eigenvalue weighted by atomic mass is 79.9. The molecule has 2 heterocycles. The van der Waals surface area contributed by atoms with Gasteiger partial charge in [-0.2, -0.15) is 0 Å². The molecular weight excluding hydrogens is 260 g/mol. The SMILES string of the molecule is Cc1ncoc1C(=O)N1CC(C)C(Br)C1. The Bertz CT molecular complexity index is 367. The lowest BCUT2D eigenvalue weighted by atomic mass is 10.2. The van der Waals surface area contributed by atoms with E-state index in [9.17, 15) is 4.79 Å². The number of aromatic nitrogens is 1. The van der Waals surface area contributed by atoms with Crippen LogP contribution in [0.1, 0.15) is 23.2 Å². The third kappa shape index (κ3) is 1.93. The number of carbonyl (C=O) groups is 1. The van der Waals surface area contributed by atoms with Crippen LogP contribution in [0.2, 0.25) is 0 Å². The van der Waals surface area contributed by atoms with Crippen LogP contribution in [0.4, 0.5) is 0 Å². The van der Waals surface area contributed by atoms with Crippen molar-refractivity contribution in [2.24, 2.45) is 5.92 Å². The predicted octanol–water partition coefficient (Wildman–Crippen LogP) is 1.84. The predicted molar refractivity (Wildman–Crippen MR) is 59.0 cm³/mol. The number of rotatable bonds is 1. The summed E-state index contributed by atoms with van der Waals surface area (Å²) in [7, 11) is 0. The Morgan fingerprint density at radius 1 is 1.67 bits per heavy atom. The van der Waals surface area contributed by atoms with Gasteiger partial charge in [0.25, 0.3) is 5.91 Å². The van der Waals surface area contributed by atoms with Gasteiger partial charge < -0.3 is 9.32 Å². The summed E-state index contributed by atoms with van der Waals surface area (Å²) in [6.07, 6.45) is 1.31. The summed E-state index contributed by atoms with van der Waals surface area (Å²) in [6, 6.07) is 0. The molecule has 1 aromatic rings. The van der Waals surface area contributed by atoms with Gasteiger partial charge in [-0.05, 0) is 12.8 Å². The summed E-state index contributed by atoms with van der Waals surface area (Å²) in [4.78, 5) is 18.1. The van der Waals surface area contributed by atoms with Gasteiger partial charge in [0.1, 0.15) is 0 Å². The lowest BCUT2D eigenvalue weighted by molar-refractivity contribution is 0.0756. The number of oxazole rings is 1. The molecule has 1 amide bonds. The van der Waals surface area contributed by atoms with Gasteiger partial charge in [0.15, 0.2) is 6.39 Å². The molecule has 0 spiro atoms. The first-order valence-corrected chi connectivity index (χ1v) is 5.84. The lowest BCUT2D eigenvalue weighted by Crippen LogP contribution is -2.29. The number of carbonyl (C=O) groups excluding carboxylic acids is 1. The molecule has 2 atom stereocenters. The van der Waals surface area contributed by atoms with Gasteiger partial charge in [-0.3, -0.25) is 4.79 Å². The molecule has 5 heteroatoms. The van der Waals surface area contributed by atoms with E-state index in [1.165, 1.54) is 6.39 Å². The molecule has 1 fully saturated rings. The Morgan fingerprint density at radius 2 is 2.40 bits per heavy atom. The van der Waals surface area contributed by atoms with Crippen molar-refractivity contribution in [3.63, 3.8) is 0 Å². The fraction of sp³-hybridized carbons (Fsp3) is 0.600. The van der Waals surface area contributed by atoms with Crippen molar-refractivity contribution in [1.29, 1.82) is 0 Å². The van der Waals surface area contributed by atoms with E-state index in [1.807, 2.05) is 0 Å². The number of amides is 1. The standard InChI is InChI=1S/C10H13BrN2O2/c1-6-3-13(4-8(6)11)10(14)9-7(2)12-5-15-9/h5-6,8H,3-4H2,1-2H3. The molecule has 1 saturated heterocycles. The monoisotopic (exact) mass is 272 g/mol. The van der Waals surface area contributed by atoms with Gasteiger partial charge in [0, 0.05) is 17.9 Å². The molecule has 0 radical (unpaired) electrons. The van der Waals surface area contributed by atoms with Crippen LogP contribution in [0.3, 0.4) is 0 Å². The van der Waals surface area contributed by atoms with Gasteiger partial charge in [-0.1, -0.05) is 22.9 Å². The lowest BCUT2D eigenvalue weighted by Gasteiger charge is -2.13. The Morgan fingerprint density at radius 3 is 2.87 bits per heavy atom. The van der Waals surface area contributed by atoms with Gasteiger partial charge in [-0.25, -0.2) is 4.98 Å². The molecule has 0 bridgehead atoms. The van der Waals surface area contributed by atoms with Crippen LogP contribution >= 0.6 is 15.9 Å². The highest BCUT2D eigenvalue weighted by Crippen LogP contribution is 2.24. The fourth-order valence-electron chi connectivity index (χ4n) is 1.74. The normalized spacial score (nSPS) is 25.9. The van der Waals surface area contributed by atoms with E-state index in [0.717, 1.165) is 13.1 Å². The van der Waals surface area contributed by atoms with Crippen molar-refractivity contribution in [3.8, 4) is 0 Å². The molecule has 1 aromatic heterocycles. The first-order chi connectivity index (χ1) is 7.09. The summed E-state index contributed by atoms with van der Waals surface area (Å²) in [5.41, 5.74) is 0.658. The van der Waals surface area contributed by atoms with Crippen LogP contribution in [0.15, 0.2) is 10.8 Å². The Hall–Kier alpha value is -0.840. The number of likely N-dealkylation sites (tertiary alicyclic amines) is 1. The van der Waals surface area contributed by atoms with E-state index in [1.54, 1.807) is 11.8 Å². The summed E-state index contributed by atoms with van der Waals surface area (Å²) in [5, 5.41) is 0. The van der Waals surface area contributed by atoms with Crippen LogP contribution in [-0.2, 0) is 0 Å². The largest absolute Gasteiger partial charge is 0.438 e. The van der Waals surface area contributed by atoms with E-state index >= 15 is 0 Å². The number of aryl methyl sites for hydroxylation is 1. The summed E-state index contributed by atoms with van der Waals surface area (Å²) < 4.78 is 5.09. The van der Waals surface area contributed by atoms with Crippen molar-refractivity contribution in [2.45, 2.75) is 18.7 Å². The smallest absolute Gasteiger partial charge is 0.291 e. The molecule has 2 unspecified atom stereocenters. The first-order valence-electron chi connectivity index (χ1n) is 4.93. The number of nitrogens with zero attached hydrogens (tertiary/aromatic N) is 2. The minimum Gasteiger partial charge on any atom is -0.438 e. The Kier molecular flexibility index (Phi) is 2.82. The topological polar surface area (TPSA) is 46.3 Å². The second-order valence-electron chi connectivity index (χ2n) is 3.97. The molecule has 15 heavy (non-hydrogen) atoms. The van der Waals surface area contributed by atoms with Gasteiger partial charge in [0.2, 0.25) is 5.76 Å². The summed E-state index contributed by atoms with van der Waals surface area (Å²) in [5.74, 6) is 0.791. The maximum absolute atomic E-state index is 12.0. The zero-order valence-corrected chi connectivity index (χ0v) is 10.3. The molecule has 1 aliphatic heterocycles. The average molecular weight is 273 g/mol. The summed E-state index contributed by atoms with van der Waals surface area (Å²) >= 11 is 3.55. The van der Waals surface area contributed by atoms with E-state index in [4.69, 9.17) is 4.42 Å². The second kappa shape index (κ2) is 3.96. The Labute approximate surface area is 96.8 Å². The van der Waals surface area contributed by atoms with Gasteiger partial charge in [0.05, 0.1) is 5.69 Å². The van der Waals surface area contributed by atoms with E-state index < -0.39 is 0 Å². The van der Waals surface area contributed by atoms with Crippen LogP contribution in [-0.4, -0.2) is 33.7 Å². The number of alkyl halides is 1. The molecule has 1 aliphatic rings. The van der Waals surface area contributed by atoms with Crippen LogP contribution in [0, 0.1) is 12.8 Å². The third-order valence-electron chi connectivity index (χ3n) is 2.75. The van der Waals surface area contributed by atoms with Crippen LogP contribution in [0.25, 0.3) is 0 Å². The molecule has 4 nitrogen and oxygen atoms in total. The first kappa shape index (κ1) is 10.7. The van der Waals surface area contributed by atoms with E-state index in [2.05, 4.69) is 27.8 Å². The van der Waals surface area contributed by atoms with Crippen molar-refractivity contribution in [2.75, 3.05) is 13.1 Å². The molecular formula is C10H13BrN2O2. The number of hydrogen-bond acceptors (Lipinski definition) is 3. The van der Waals surface area contributed by atoms with Crippen molar-refractivity contribution < 1.29 is 9.21 Å². The zero-order valence-electron chi connectivity index (χ0n) is 8.74. The van der Waals surface area contributed by atoms with Crippen molar-refractivity contribution >= 4 is 21.8 Å². The highest BCUT2D eigenvalue weighted by Gasteiger charge is 2.32. The molecule has 0 aliphatic carbocycles. The number of hydrogen-bond donors (Lipinski definition) is 0. The van der Waals surface area contributed by atoms with Gasteiger partial charge >= 0.3 is 0 Å². The summed E-state index contributed by atoms with van der Waals surface area (Å²) in [6.45, 7) is 5.41. The molecule has 0 aromatic carbocycles. The van der Waals surface area contributed by atoms with E-state index in [0.29, 0.717) is 22.2 Å². The maximum Gasteiger partial charge on any atom is 0.291 e. The molecule has 2 rings (SSSR count). The van der Waals surface area contributed by atoms with E-state index in [-0.39, 0.29) is 5.91 Å². The minimum absolute atomic E-state index is 0.0567. The quantitative estimate of drug-likeness (QED) is 0.733. The van der Waals surface area contributed by atoms with Crippen molar-refractivity contribution in [3.05, 3.63) is 17.8 Å². The fourth-order valence-corrected chi connectivity index (χ4v) is 2.26. The Balaban J connectivity index is 2.13.